The largest absolute Gasteiger partial charge is 0.505 e. The summed E-state index contributed by atoms with van der Waals surface area (Å²) < 4.78 is 14.6. The van der Waals surface area contributed by atoms with E-state index in [-0.39, 0.29) is 30.8 Å². The van der Waals surface area contributed by atoms with Gasteiger partial charge in [0.05, 0.1) is 6.61 Å². The molecule has 0 heterocycles. The molecule has 0 bridgehead atoms. The molecule has 8 heteroatoms. The third kappa shape index (κ3) is 8.85. The molecule has 0 aromatic carbocycles. The van der Waals surface area contributed by atoms with Crippen LogP contribution in [0.3, 0.4) is 0 Å². The van der Waals surface area contributed by atoms with Gasteiger partial charge in [-0.2, -0.15) is 4.89 Å². The molecule has 0 aromatic rings. The molecule has 1 atom stereocenters. The molecule has 146 valence electrons. The van der Waals surface area contributed by atoms with E-state index >= 15 is 0 Å². The zero-order valence-electron chi connectivity index (χ0n) is 15.9. The molecule has 0 rings (SSSR count). The van der Waals surface area contributed by atoms with Gasteiger partial charge in [0.25, 0.3) is 6.29 Å². The highest BCUT2D eigenvalue weighted by atomic mass is 17.2. The summed E-state index contributed by atoms with van der Waals surface area (Å²) in [7, 11) is 0. The third-order valence-electron chi connectivity index (χ3n) is 4.17. The topological polar surface area (TPSA) is 101 Å². The Morgan fingerprint density at radius 2 is 1.76 bits per heavy atom. The van der Waals surface area contributed by atoms with E-state index in [9.17, 15) is 9.59 Å². The minimum Gasteiger partial charge on any atom is -0.450 e. The molecule has 0 saturated heterocycles. The van der Waals surface area contributed by atoms with Gasteiger partial charge in [0, 0.05) is 5.57 Å². The van der Waals surface area contributed by atoms with Gasteiger partial charge in [-0.3, -0.25) is 0 Å². The van der Waals surface area contributed by atoms with Crippen molar-refractivity contribution < 1.29 is 38.7 Å². The molecule has 1 N–H and O–H groups in total. The van der Waals surface area contributed by atoms with Crippen molar-refractivity contribution in [3.8, 4) is 0 Å². The lowest BCUT2D eigenvalue weighted by molar-refractivity contribution is -0.431. The Labute approximate surface area is 149 Å². The lowest BCUT2D eigenvalue weighted by Crippen LogP contribution is -2.43. The standard InChI is InChI=1S/C17H30O8/c1-8-16(4,5)17(6,7)25-24-13(23-14(18)12(2)3)11-21-9-10-22-15(19)20/h13H,2,8-11H2,1,3-7H3,(H,19,20). The van der Waals surface area contributed by atoms with Gasteiger partial charge in [-0.15, -0.1) is 0 Å². The molecule has 0 aliphatic carbocycles. The van der Waals surface area contributed by atoms with Crippen LogP contribution in [0.4, 0.5) is 4.79 Å². The van der Waals surface area contributed by atoms with Crippen LogP contribution in [0.1, 0.15) is 48.0 Å². The van der Waals surface area contributed by atoms with Crippen molar-refractivity contribution in [3.63, 3.8) is 0 Å². The van der Waals surface area contributed by atoms with Crippen LogP contribution in [0.25, 0.3) is 0 Å². The second-order valence-corrected chi connectivity index (χ2v) is 6.73. The van der Waals surface area contributed by atoms with Gasteiger partial charge in [0.1, 0.15) is 18.8 Å². The summed E-state index contributed by atoms with van der Waals surface area (Å²) in [6, 6.07) is 0. The van der Waals surface area contributed by atoms with Crippen LogP contribution >= 0.6 is 0 Å². The average Bonchev–Trinajstić information content (AvgIpc) is 2.51. The predicted octanol–water partition coefficient (Wildman–Crippen LogP) is 3.31. The molecular formula is C17H30O8. The Balaban J connectivity index is 4.65. The number of carbonyl (C=O) groups excluding carboxylic acids is 1. The van der Waals surface area contributed by atoms with Crippen LogP contribution in [0.15, 0.2) is 12.2 Å². The first-order valence-electron chi connectivity index (χ1n) is 8.07. The molecule has 0 aliphatic rings. The van der Waals surface area contributed by atoms with Crippen molar-refractivity contribution in [1.82, 2.24) is 0 Å². The van der Waals surface area contributed by atoms with Crippen LogP contribution in [0, 0.1) is 5.41 Å². The predicted molar refractivity (Wildman–Crippen MR) is 89.8 cm³/mol. The summed E-state index contributed by atoms with van der Waals surface area (Å²) in [5.74, 6) is -0.647. The zero-order valence-corrected chi connectivity index (χ0v) is 15.9. The van der Waals surface area contributed by atoms with Gasteiger partial charge in [0.15, 0.2) is 0 Å². The maximum atomic E-state index is 11.7. The molecule has 8 nitrogen and oxygen atoms in total. The number of ether oxygens (including phenoxy) is 3. The molecule has 1 unspecified atom stereocenters. The molecule has 0 aromatic heterocycles. The quantitative estimate of drug-likeness (QED) is 0.141. The number of rotatable bonds is 12. The van der Waals surface area contributed by atoms with E-state index in [2.05, 4.69) is 11.3 Å². The fourth-order valence-electron chi connectivity index (χ4n) is 1.38. The zero-order chi connectivity index (χ0) is 19.7. The molecule has 0 fully saturated rings. The molecule has 0 amide bonds. The Morgan fingerprint density at radius 1 is 1.16 bits per heavy atom. The van der Waals surface area contributed by atoms with Crippen molar-refractivity contribution in [1.29, 1.82) is 0 Å². The second-order valence-electron chi connectivity index (χ2n) is 6.73. The smallest absolute Gasteiger partial charge is 0.450 e. The van der Waals surface area contributed by atoms with E-state index in [1.807, 2.05) is 34.6 Å². The van der Waals surface area contributed by atoms with Crippen molar-refractivity contribution in [2.75, 3.05) is 19.8 Å². The SMILES string of the molecule is C=C(C)C(=O)OC(COCCOC(=O)O)OOC(C)(C)C(C)(C)CC. The highest BCUT2D eigenvalue weighted by Gasteiger charge is 2.38. The van der Waals surface area contributed by atoms with Gasteiger partial charge < -0.3 is 19.3 Å². The average molecular weight is 362 g/mol. The first kappa shape index (κ1) is 23.4. The normalized spacial score (nSPS) is 13.2. The maximum absolute atomic E-state index is 11.7. The highest BCUT2D eigenvalue weighted by Crippen LogP contribution is 2.37. The summed E-state index contributed by atoms with van der Waals surface area (Å²) in [5.41, 5.74) is -0.635. The molecule has 0 saturated carbocycles. The second kappa shape index (κ2) is 10.4. The number of carboxylic acid groups (broad SMARTS) is 1. The molecular weight excluding hydrogens is 332 g/mol. The van der Waals surface area contributed by atoms with E-state index in [0.29, 0.717) is 0 Å². The maximum Gasteiger partial charge on any atom is 0.505 e. The summed E-state index contributed by atoms with van der Waals surface area (Å²) in [4.78, 5) is 32.7. The van der Waals surface area contributed by atoms with Crippen molar-refractivity contribution >= 4 is 12.1 Å². The summed E-state index contributed by atoms with van der Waals surface area (Å²) in [5, 5.41) is 8.37. The molecule has 0 spiro atoms. The molecule has 25 heavy (non-hydrogen) atoms. The lowest BCUT2D eigenvalue weighted by atomic mass is 9.75. The Hall–Kier alpha value is -1.64. The van der Waals surface area contributed by atoms with E-state index in [0.717, 1.165) is 6.42 Å². The van der Waals surface area contributed by atoms with Crippen molar-refractivity contribution in [3.05, 3.63) is 12.2 Å². The summed E-state index contributed by atoms with van der Waals surface area (Å²) in [6.07, 6.45) is -1.67. The van der Waals surface area contributed by atoms with E-state index in [1.54, 1.807) is 0 Å². The minimum absolute atomic E-state index is 0.0133. The van der Waals surface area contributed by atoms with Crippen LogP contribution in [0.2, 0.25) is 0 Å². The first-order valence-corrected chi connectivity index (χ1v) is 8.07. The van der Waals surface area contributed by atoms with Crippen LogP contribution in [-0.4, -0.2) is 48.9 Å². The van der Waals surface area contributed by atoms with Gasteiger partial charge in [-0.1, -0.05) is 27.4 Å². The van der Waals surface area contributed by atoms with E-state index in [4.69, 9.17) is 24.4 Å². The molecule has 0 aliphatic heterocycles. The van der Waals surface area contributed by atoms with Gasteiger partial charge >= 0.3 is 12.1 Å². The lowest BCUT2D eigenvalue weighted by Gasteiger charge is -2.39. The fourth-order valence-corrected chi connectivity index (χ4v) is 1.38. The Kier molecular flexibility index (Phi) is 9.69. The Morgan fingerprint density at radius 3 is 2.24 bits per heavy atom. The van der Waals surface area contributed by atoms with Crippen LogP contribution in [0.5, 0.6) is 0 Å². The number of hydrogen-bond acceptors (Lipinski definition) is 7. The number of esters is 1. The minimum atomic E-state index is -1.39. The van der Waals surface area contributed by atoms with Gasteiger partial charge in [-0.05, 0) is 32.6 Å². The van der Waals surface area contributed by atoms with Crippen molar-refractivity contribution in [2.24, 2.45) is 5.41 Å². The van der Waals surface area contributed by atoms with Gasteiger partial charge in [-0.25, -0.2) is 14.5 Å². The Bertz CT molecular complexity index is 456. The van der Waals surface area contributed by atoms with E-state index in [1.165, 1.54) is 6.92 Å². The monoisotopic (exact) mass is 362 g/mol. The van der Waals surface area contributed by atoms with Crippen LogP contribution in [-0.2, 0) is 28.8 Å². The fraction of sp³-hybridized carbons (Fsp3) is 0.765. The first-order chi connectivity index (χ1) is 11.4. The number of carbonyl (C=O) groups is 2. The van der Waals surface area contributed by atoms with Gasteiger partial charge in [0.2, 0.25) is 0 Å². The third-order valence-corrected chi connectivity index (χ3v) is 4.17. The number of hydrogen-bond donors (Lipinski definition) is 1. The van der Waals surface area contributed by atoms with Crippen molar-refractivity contribution in [2.45, 2.75) is 59.9 Å². The summed E-state index contributed by atoms with van der Waals surface area (Å²) in [6.45, 7) is 14.5. The van der Waals surface area contributed by atoms with E-state index < -0.39 is 24.0 Å². The van der Waals surface area contributed by atoms with Crippen LogP contribution < -0.4 is 0 Å². The molecule has 0 radical (unpaired) electrons. The summed E-state index contributed by atoms with van der Waals surface area (Å²) >= 11 is 0. The highest BCUT2D eigenvalue weighted by molar-refractivity contribution is 5.87.